The number of carboxylic acid groups (broad SMARTS) is 1. The van der Waals surface area contributed by atoms with E-state index in [0.29, 0.717) is 5.69 Å². The first-order valence-corrected chi connectivity index (χ1v) is 6.26. The van der Waals surface area contributed by atoms with Gasteiger partial charge >= 0.3 is 11.9 Å². The van der Waals surface area contributed by atoms with Gasteiger partial charge in [-0.15, -0.1) is 0 Å². The van der Waals surface area contributed by atoms with Crippen LogP contribution in [0.3, 0.4) is 0 Å². The van der Waals surface area contributed by atoms with Crippen LogP contribution >= 0.6 is 0 Å². The summed E-state index contributed by atoms with van der Waals surface area (Å²) in [5, 5.41) is 12.1. The third kappa shape index (κ3) is 4.53. The molecule has 6 nitrogen and oxygen atoms in total. The lowest BCUT2D eigenvalue weighted by Gasteiger charge is -2.31. The standard InChI is InChI=1S/C14H20N2O4/c1-14(2,3)11(8-12(17)18)16-9-5-6-15-10(7-9)13(19)20-4/h5-7,11H,8H2,1-4H3,(H,15,16)(H,17,18). The average Bonchev–Trinajstić information content (AvgIpc) is 2.36. The van der Waals surface area contributed by atoms with E-state index < -0.39 is 11.9 Å². The number of pyridine rings is 1. The number of esters is 1. The minimum atomic E-state index is -0.875. The summed E-state index contributed by atoms with van der Waals surface area (Å²) in [5.41, 5.74) is 0.578. The largest absolute Gasteiger partial charge is 0.481 e. The zero-order valence-corrected chi connectivity index (χ0v) is 12.1. The van der Waals surface area contributed by atoms with Crippen molar-refractivity contribution < 1.29 is 19.4 Å². The second-order valence-electron chi connectivity index (χ2n) is 5.58. The Kier molecular flexibility index (Phi) is 5.07. The average molecular weight is 280 g/mol. The van der Waals surface area contributed by atoms with Crippen LogP contribution in [-0.4, -0.2) is 35.2 Å². The van der Waals surface area contributed by atoms with Gasteiger partial charge in [0.15, 0.2) is 0 Å². The van der Waals surface area contributed by atoms with Crippen molar-refractivity contribution in [1.82, 2.24) is 4.98 Å². The first-order chi connectivity index (χ1) is 9.24. The molecule has 0 aliphatic rings. The number of nitrogens with zero attached hydrogens (tertiary/aromatic N) is 1. The van der Waals surface area contributed by atoms with Crippen molar-refractivity contribution in [2.24, 2.45) is 5.41 Å². The van der Waals surface area contributed by atoms with Crippen molar-refractivity contribution in [2.45, 2.75) is 33.2 Å². The van der Waals surface area contributed by atoms with Gasteiger partial charge in [0.1, 0.15) is 5.69 Å². The molecular formula is C14H20N2O4. The van der Waals surface area contributed by atoms with Gasteiger partial charge in [0.05, 0.1) is 13.5 Å². The number of rotatable bonds is 5. The molecule has 6 heteroatoms. The molecule has 1 atom stereocenters. The Bertz CT molecular complexity index is 494. The molecule has 1 aromatic rings. The van der Waals surface area contributed by atoms with Gasteiger partial charge in [0.25, 0.3) is 0 Å². The van der Waals surface area contributed by atoms with Crippen molar-refractivity contribution in [2.75, 3.05) is 12.4 Å². The summed E-state index contributed by atoms with van der Waals surface area (Å²) < 4.78 is 4.60. The number of methoxy groups -OCH3 is 1. The van der Waals surface area contributed by atoms with Gasteiger partial charge in [0.2, 0.25) is 0 Å². The number of hydrogen-bond donors (Lipinski definition) is 2. The molecule has 1 unspecified atom stereocenters. The second kappa shape index (κ2) is 6.36. The van der Waals surface area contributed by atoms with Gasteiger partial charge in [-0.2, -0.15) is 0 Å². The number of carbonyl (C=O) groups is 2. The molecular weight excluding hydrogens is 260 g/mol. The van der Waals surface area contributed by atoms with E-state index in [-0.39, 0.29) is 23.6 Å². The number of aromatic nitrogens is 1. The molecule has 0 bridgehead atoms. The van der Waals surface area contributed by atoms with Crippen LogP contribution in [0.5, 0.6) is 0 Å². The van der Waals surface area contributed by atoms with Crippen LogP contribution in [0.15, 0.2) is 18.3 Å². The molecule has 0 fully saturated rings. The highest BCUT2D eigenvalue weighted by Gasteiger charge is 2.27. The van der Waals surface area contributed by atoms with Gasteiger partial charge in [-0.1, -0.05) is 20.8 Å². The van der Waals surface area contributed by atoms with Crippen LogP contribution in [0.2, 0.25) is 0 Å². The Morgan fingerprint density at radius 3 is 2.60 bits per heavy atom. The van der Waals surface area contributed by atoms with Crippen LogP contribution in [-0.2, 0) is 9.53 Å². The predicted molar refractivity (Wildman–Crippen MR) is 74.7 cm³/mol. The summed E-state index contributed by atoms with van der Waals surface area (Å²) in [6.45, 7) is 5.86. The van der Waals surface area contributed by atoms with E-state index in [1.807, 2.05) is 20.8 Å². The number of ether oxygens (including phenoxy) is 1. The highest BCUT2D eigenvalue weighted by molar-refractivity contribution is 5.88. The van der Waals surface area contributed by atoms with Crippen LogP contribution in [0.25, 0.3) is 0 Å². The number of nitrogens with one attached hydrogen (secondary N) is 1. The monoisotopic (exact) mass is 280 g/mol. The Morgan fingerprint density at radius 1 is 1.45 bits per heavy atom. The Hall–Kier alpha value is -2.11. The molecule has 1 heterocycles. The molecule has 0 amide bonds. The van der Waals surface area contributed by atoms with E-state index in [4.69, 9.17) is 5.11 Å². The fraction of sp³-hybridized carbons (Fsp3) is 0.500. The molecule has 0 saturated carbocycles. The number of aliphatic carboxylic acids is 1. The van der Waals surface area contributed by atoms with Crippen LogP contribution in [0.4, 0.5) is 5.69 Å². The quantitative estimate of drug-likeness (QED) is 0.804. The maximum atomic E-state index is 11.4. The summed E-state index contributed by atoms with van der Waals surface area (Å²) in [7, 11) is 1.28. The summed E-state index contributed by atoms with van der Waals surface area (Å²) in [6.07, 6.45) is 1.47. The Morgan fingerprint density at radius 2 is 2.10 bits per heavy atom. The van der Waals surface area contributed by atoms with Crippen molar-refractivity contribution in [3.63, 3.8) is 0 Å². The minimum absolute atomic E-state index is 0.0145. The number of anilines is 1. The molecule has 2 N–H and O–H groups in total. The first-order valence-electron chi connectivity index (χ1n) is 6.26. The number of carboxylic acids is 1. The summed E-state index contributed by atoms with van der Waals surface area (Å²) in [4.78, 5) is 26.3. The van der Waals surface area contributed by atoms with E-state index in [9.17, 15) is 9.59 Å². The Balaban J connectivity index is 2.94. The fourth-order valence-corrected chi connectivity index (χ4v) is 1.69. The molecule has 110 valence electrons. The lowest BCUT2D eigenvalue weighted by molar-refractivity contribution is -0.137. The zero-order chi connectivity index (χ0) is 15.3. The SMILES string of the molecule is COC(=O)c1cc(NC(CC(=O)O)C(C)(C)C)ccn1. The van der Waals surface area contributed by atoms with E-state index in [0.717, 1.165) is 0 Å². The van der Waals surface area contributed by atoms with Gasteiger partial charge < -0.3 is 15.2 Å². The molecule has 0 spiro atoms. The van der Waals surface area contributed by atoms with Crippen molar-refractivity contribution in [3.8, 4) is 0 Å². The highest BCUT2D eigenvalue weighted by atomic mass is 16.5. The molecule has 1 rings (SSSR count). The normalized spacial score (nSPS) is 12.6. The molecule has 1 aromatic heterocycles. The lowest BCUT2D eigenvalue weighted by atomic mass is 9.84. The minimum Gasteiger partial charge on any atom is -0.481 e. The topological polar surface area (TPSA) is 88.5 Å². The van der Waals surface area contributed by atoms with E-state index in [1.54, 1.807) is 12.1 Å². The molecule has 0 aromatic carbocycles. The van der Waals surface area contributed by atoms with E-state index in [2.05, 4.69) is 15.0 Å². The van der Waals surface area contributed by atoms with Crippen LogP contribution < -0.4 is 5.32 Å². The molecule has 20 heavy (non-hydrogen) atoms. The number of carbonyl (C=O) groups excluding carboxylic acids is 1. The smallest absolute Gasteiger partial charge is 0.356 e. The van der Waals surface area contributed by atoms with Gasteiger partial charge in [-0.3, -0.25) is 4.79 Å². The van der Waals surface area contributed by atoms with Gasteiger partial charge in [-0.05, 0) is 17.5 Å². The molecule has 0 aliphatic heterocycles. The third-order valence-electron chi connectivity index (χ3n) is 2.92. The molecule has 0 radical (unpaired) electrons. The summed E-state index contributed by atoms with van der Waals surface area (Å²) in [6, 6.07) is 2.97. The maximum absolute atomic E-state index is 11.4. The lowest BCUT2D eigenvalue weighted by Crippen LogP contribution is -2.36. The fourth-order valence-electron chi connectivity index (χ4n) is 1.69. The van der Waals surface area contributed by atoms with Crippen molar-refractivity contribution >= 4 is 17.6 Å². The van der Waals surface area contributed by atoms with Crippen LogP contribution in [0, 0.1) is 5.41 Å². The maximum Gasteiger partial charge on any atom is 0.356 e. The number of hydrogen-bond acceptors (Lipinski definition) is 5. The summed E-state index contributed by atoms with van der Waals surface area (Å²) >= 11 is 0. The van der Waals surface area contributed by atoms with Gasteiger partial charge in [0, 0.05) is 17.9 Å². The van der Waals surface area contributed by atoms with E-state index >= 15 is 0 Å². The highest BCUT2D eigenvalue weighted by Crippen LogP contribution is 2.25. The van der Waals surface area contributed by atoms with Crippen molar-refractivity contribution in [3.05, 3.63) is 24.0 Å². The predicted octanol–water partition coefficient (Wildman–Crippen LogP) is 2.17. The van der Waals surface area contributed by atoms with Crippen LogP contribution in [0.1, 0.15) is 37.7 Å². The van der Waals surface area contributed by atoms with Gasteiger partial charge in [-0.25, -0.2) is 9.78 Å². The van der Waals surface area contributed by atoms with E-state index in [1.165, 1.54) is 13.3 Å². The molecule has 0 aliphatic carbocycles. The zero-order valence-electron chi connectivity index (χ0n) is 12.1. The second-order valence-corrected chi connectivity index (χ2v) is 5.58. The third-order valence-corrected chi connectivity index (χ3v) is 2.92. The molecule has 0 saturated heterocycles. The first kappa shape index (κ1) is 15.9. The van der Waals surface area contributed by atoms with Crippen molar-refractivity contribution in [1.29, 1.82) is 0 Å². The Labute approximate surface area is 118 Å². The summed E-state index contributed by atoms with van der Waals surface area (Å²) in [5.74, 6) is -1.40.